The molecule has 1 fully saturated rings. The zero-order valence-corrected chi connectivity index (χ0v) is 22.8. The molecule has 0 aromatic heterocycles. The highest BCUT2D eigenvalue weighted by molar-refractivity contribution is 6.74. The van der Waals surface area contributed by atoms with Gasteiger partial charge < -0.3 is 34.3 Å². The van der Waals surface area contributed by atoms with E-state index >= 15 is 0 Å². The fourth-order valence-corrected chi connectivity index (χ4v) is 5.12. The first-order valence-electron chi connectivity index (χ1n) is 12.0. The number of aliphatic hydroxyl groups excluding tert-OH is 4. The zero-order valence-electron chi connectivity index (χ0n) is 21.8. The monoisotopic (exact) mass is 504 g/mol. The number of rotatable bonds is 7. The molecule has 5 atom stereocenters. The van der Waals surface area contributed by atoms with E-state index in [2.05, 4.69) is 46.0 Å². The Morgan fingerprint density at radius 2 is 1.63 bits per heavy atom. The maximum atomic E-state index is 10.8. The molecule has 35 heavy (non-hydrogen) atoms. The summed E-state index contributed by atoms with van der Waals surface area (Å²) < 4.78 is 17.8. The van der Waals surface area contributed by atoms with Crippen molar-refractivity contribution >= 4 is 8.32 Å². The second-order valence-electron chi connectivity index (χ2n) is 11.0. The summed E-state index contributed by atoms with van der Waals surface area (Å²) in [6.07, 6.45) is -5.00. The summed E-state index contributed by atoms with van der Waals surface area (Å²) in [6.45, 7) is 12.6. The van der Waals surface area contributed by atoms with Crippen LogP contribution in [0.4, 0.5) is 0 Å². The van der Waals surface area contributed by atoms with Gasteiger partial charge in [0.2, 0.25) is 14.1 Å². The minimum absolute atomic E-state index is 0.116. The third kappa shape index (κ3) is 5.49. The molecule has 1 aliphatic heterocycles. The first-order valence-corrected chi connectivity index (χ1v) is 14.9. The SMILES string of the molecule is CO[C@@]1(c2ccc(C)c(Cc3ccc(O[Si](C)(C)C(C)(C)C)cc3)c2)O[C@H](CO)[C@@H](O)[C@H](O)[C@H]1O. The number of hydrogen-bond acceptors (Lipinski definition) is 7. The van der Waals surface area contributed by atoms with Gasteiger partial charge in [-0.2, -0.15) is 0 Å². The molecule has 0 radical (unpaired) electrons. The molecule has 3 rings (SSSR count). The lowest BCUT2D eigenvalue weighted by atomic mass is 9.86. The van der Waals surface area contributed by atoms with Crippen molar-refractivity contribution in [2.24, 2.45) is 0 Å². The number of aryl methyl sites for hydroxylation is 1. The first-order chi connectivity index (χ1) is 16.3. The maximum absolute atomic E-state index is 10.8. The second-order valence-corrected chi connectivity index (χ2v) is 15.7. The van der Waals surface area contributed by atoms with Gasteiger partial charge in [-0.05, 0) is 66.4 Å². The first kappa shape index (κ1) is 27.8. The van der Waals surface area contributed by atoms with Gasteiger partial charge in [0.05, 0.1) is 6.61 Å². The van der Waals surface area contributed by atoms with Gasteiger partial charge in [-0.15, -0.1) is 0 Å². The van der Waals surface area contributed by atoms with Gasteiger partial charge in [0.25, 0.3) is 0 Å². The van der Waals surface area contributed by atoms with E-state index in [4.69, 9.17) is 13.9 Å². The summed E-state index contributed by atoms with van der Waals surface area (Å²) >= 11 is 0. The molecule has 7 nitrogen and oxygen atoms in total. The summed E-state index contributed by atoms with van der Waals surface area (Å²) in [5, 5.41) is 41.1. The lowest BCUT2D eigenvalue weighted by Gasteiger charge is -2.47. The van der Waals surface area contributed by atoms with Crippen LogP contribution in [0.15, 0.2) is 42.5 Å². The highest BCUT2D eigenvalue weighted by atomic mass is 28.4. The van der Waals surface area contributed by atoms with Crippen molar-refractivity contribution in [1.82, 2.24) is 0 Å². The molecule has 0 saturated carbocycles. The average Bonchev–Trinajstić information content (AvgIpc) is 2.80. The Balaban J connectivity index is 1.87. The van der Waals surface area contributed by atoms with E-state index in [9.17, 15) is 20.4 Å². The highest BCUT2D eigenvalue weighted by Crippen LogP contribution is 2.40. The molecular weight excluding hydrogens is 464 g/mol. The van der Waals surface area contributed by atoms with E-state index in [0.717, 1.165) is 22.4 Å². The molecule has 2 aromatic rings. The molecular formula is C27H40O7Si. The Morgan fingerprint density at radius 3 is 2.17 bits per heavy atom. The van der Waals surface area contributed by atoms with Crippen molar-refractivity contribution < 1.29 is 34.3 Å². The minimum Gasteiger partial charge on any atom is -0.544 e. The van der Waals surface area contributed by atoms with Crippen LogP contribution >= 0.6 is 0 Å². The molecule has 0 amide bonds. The summed E-state index contributed by atoms with van der Waals surface area (Å²) in [5.41, 5.74) is 3.63. The van der Waals surface area contributed by atoms with Crippen molar-refractivity contribution in [3.05, 3.63) is 64.7 Å². The number of ether oxygens (including phenoxy) is 2. The lowest BCUT2D eigenvalue weighted by Crippen LogP contribution is -2.64. The van der Waals surface area contributed by atoms with Crippen LogP contribution in [-0.2, 0) is 21.7 Å². The van der Waals surface area contributed by atoms with E-state index in [0.29, 0.717) is 12.0 Å². The molecule has 0 bridgehead atoms. The van der Waals surface area contributed by atoms with E-state index in [1.54, 1.807) is 6.07 Å². The predicted octanol–water partition coefficient (Wildman–Crippen LogP) is 3.24. The van der Waals surface area contributed by atoms with Crippen LogP contribution in [0.1, 0.15) is 43.0 Å². The van der Waals surface area contributed by atoms with Gasteiger partial charge in [0.15, 0.2) is 0 Å². The van der Waals surface area contributed by atoms with Gasteiger partial charge in [0, 0.05) is 12.7 Å². The smallest absolute Gasteiger partial charge is 0.250 e. The summed E-state index contributed by atoms with van der Waals surface area (Å²) in [5.74, 6) is -0.861. The van der Waals surface area contributed by atoms with Crippen molar-refractivity contribution in [3.8, 4) is 5.75 Å². The molecule has 1 heterocycles. The fraction of sp³-hybridized carbons (Fsp3) is 0.556. The Morgan fingerprint density at radius 1 is 1.00 bits per heavy atom. The summed E-state index contributed by atoms with van der Waals surface area (Å²) in [6, 6.07) is 13.7. The molecule has 194 valence electrons. The van der Waals surface area contributed by atoms with Crippen LogP contribution in [0.2, 0.25) is 18.1 Å². The Bertz CT molecular complexity index is 1000. The van der Waals surface area contributed by atoms with Gasteiger partial charge in [-0.3, -0.25) is 0 Å². The van der Waals surface area contributed by atoms with Gasteiger partial charge >= 0.3 is 0 Å². The van der Waals surface area contributed by atoms with E-state index in [1.807, 2.05) is 31.2 Å². The van der Waals surface area contributed by atoms with Crippen molar-refractivity contribution in [2.75, 3.05) is 13.7 Å². The topological polar surface area (TPSA) is 109 Å². The van der Waals surface area contributed by atoms with Gasteiger partial charge in [0.1, 0.15) is 30.2 Å². The largest absolute Gasteiger partial charge is 0.544 e. The normalized spacial score (nSPS) is 27.6. The Labute approximate surface area is 209 Å². The molecule has 0 spiro atoms. The summed E-state index contributed by atoms with van der Waals surface area (Å²) in [7, 11) is -0.555. The van der Waals surface area contributed by atoms with Gasteiger partial charge in [-0.1, -0.05) is 45.0 Å². The van der Waals surface area contributed by atoms with Crippen LogP contribution in [0, 0.1) is 6.92 Å². The summed E-state index contributed by atoms with van der Waals surface area (Å²) in [4.78, 5) is 0. The average molecular weight is 505 g/mol. The van der Waals surface area contributed by atoms with E-state index < -0.39 is 45.1 Å². The molecule has 1 saturated heterocycles. The predicted molar refractivity (Wildman–Crippen MR) is 137 cm³/mol. The molecule has 2 aromatic carbocycles. The molecule has 4 N–H and O–H groups in total. The number of methoxy groups -OCH3 is 1. The number of aliphatic hydroxyl groups is 4. The van der Waals surface area contributed by atoms with Crippen molar-refractivity contribution in [3.63, 3.8) is 0 Å². The second kappa shape index (κ2) is 10.3. The quantitative estimate of drug-likeness (QED) is 0.429. The Kier molecular flexibility index (Phi) is 8.18. The molecule has 8 heteroatoms. The molecule has 1 aliphatic rings. The molecule has 0 aliphatic carbocycles. The maximum Gasteiger partial charge on any atom is 0.250 e. The minimum atomic E-state index is -1.92. The van der Waals surface area contributed by atoms with E-state index in [1.165, 1.54) is 7.11 Å². The number of benzene rings is 2. The lowest BCUT2D eigenvalue weighted by molar-refractivity contribution is -0.366. The molecule has 0 unspecified atom stereocenters. The van der Waals surface area contributed by atoms with Crippen molar-refractivity contribution in [2.45, 2.75) is 82.5 Å². The highest BCUT2D eigenvalue weighted by Gasteiger charge is 2.55. The van der Waals surface area contributed by atoms with Gasteiger partial charge in [-0.25, -0.2) is 0 Å². The number of hydrogen-bond donors (Lipinski definition) is 4. The van der Waals surface area contributed by atoms with E-state index in [-0.39, 0.29) is 5.04 Å². The van der Waals surface area contributed by atoms with Crippen LogP contribution < -0.4 is 4.43 Å². The van der Waals surface area contributed by atoms with Crippen LogP contribution in [0.25, 0.3) is 0 Å². The third-order valence-corrected chi connectivity index (χ3v) is 11.9. The van der Waals surface area contributed by atoms with Crippen molar-refractivity contribution in [1.29, 1.82) is 0 Å². The van der Waals surface area contributed by atoms with Crippen LogP contribution in [0.5, 0.6) is 5.75 Å². The fourth-order valence-electron chi connectivity index (χ4n) is 4.09. The Hall–Kier alpha value is -1.78. The van der Waals surface area contributed by atoms with Crippen LogP contribution in [-0.4, -0.2) is 66.9 Å². The zero-order chi connectivity index (χ0) is 26.2. The third-order valence-electron chi connectivity index (χ3n) is 7.50. The van der Waals surface area contributed by atoms with Crippen LogP contribution in [0.3, 0.4) is 0 Å². The standard InChI is InChI=1S/C27H40O7Si/c1-17-8-11-20(27(32-5)25(31)24(30)23(29)22(16-28)33-27)15-19(17)14-18-9-12-21(13-10-18)34-35(6,7)26(2,3)4/h8-13,15,22-25,28-31H,14,16H2,1-7H3/t22-,23-,24+,25-,27+/m1/s1.